The number of hydrogen-bond acceptors (Lipinski definition) is 7. The summed E-state index contributed by atoms with van der Waals surface area (Å²) in [5, 5.41) is 13.3. The Labute approximate surface area is 216 Å². The molecule has 190 valence electrons. The maximum atomic E-state index is 13.5. The number of nitrogens with zero attached hydrogens (tertiary/aromatic N) is 2. The van der Waals surface area contributed by atoms with Crippen LogP contribution in [-0.4, -0.2) is 46.7 Å². The zero-order chi connectivity index (χ0) is 26.6. The molecule has 0 spiro atoms. The van der Waals surface area contributed by atoms with Crippen LogP contribution in [0.1, 0.15) is 34.1 Å². The predicted molar refractivity (Wildman–Crippen MR) is 133 cm³/mol. The summed E-state index contributed by atoms with van der Waals surface area (Å²) in [6, 6.07) is 21.0. The molecule has 2 atom stereocenters. The van der Waals surface area contributed by atoms with E-state index in [-0.39, 0.29) is 23.2 Å². The summed E-state index contributed by atoms with van der Waals surface area (Å²) in [4.78, 5) is 63.1. The van der Waals surface area contributed by atoms with E-state index >= 15 is 0 Å². The minimum atomic E-state index is -0.901. The van der Waals surface area contributed by atoms with Crippen LogP contribution in [0.25, 0.3) is 0 Å². The van der Waals surface area contributed by atoms with Crippen molar-refractivity contribution in [3.63, 3.8) is 0 Å². The van der Waals surface area contributed by atoms with Crippen LogP contribution in [0, 0.1) is 22.0 Å². The van der Waals surface area contributed by atoms with Crippen LogP contribution in [0.4, 0.5) is 11.4 Å². The minimum Gasteiger partial charge on any atom is -0.454 e. The Hall–Kier alpha value is -4.86. The van der Waals surface area contributed by atoms with Crippen molar-refractivity contribution in [2.24, 2.45) is 11.8 Å². The highest BCUT2D eigenvalue weighted by Crippen LogP contribution is 2.60. The molecule has 10 heteroatoms. The van der Waals surface area contributed by atoms with Gasteiger partial charge in [0.25, 0.3) is 11.6 Å². The number of anilines is 1. The van der Waals surface area contributed by atoms with E-state index in [1.165, 1.54) is 24.3 Å². The van der Waals surface area contributed by atoms with E-state index < -0.39 is 53.6 Å². The minimum absolute atomic E-state index is 0.170. The van der Waals surface area contributed by atoms with E-state index in [0.717, 1.165) is 27.2 Å². The van der Waals surface area contributed by atoms with E-state index in [1.807, 2.05) is 48.5 Å². The zero-order valence-corrected chi connectivity index (χ0v) is 19.9. The van der Waals surface area contributed by atoms with E-state index in [1.54, 1.807) is 0 Å². The maximum absolute atomic E-state index is 13.5. The number of nitrogens with one attached hydrogen (secondary N) is 1. The van der Waals surface area contributed by atoms with Crippen molar-refractivity contribution < 1.29 is 28.8 Å². The third kappa shape index (κ3) is 3.64. The standard InChI is InChI=1S/C28H21N3O7/c32-21(29-15-6-5-7-16(12-15)31(36)37)14-38-22(33)13-30-27(34)25-23-17-8-1-2-9-18(17)24(26(25)28(30)35)20-11-4-3-10-19(20)23/h1-12,23-26H,13-14H2,(H,29,32)/t23?,24?,25-,26-/m0/s1. The van der Waals surface area contributed by atoms with Gasteiger partial charge in [-0.15, -0.1) is 0 Å². The molecule has 1 fully saturated rings. The van der Waals surface area contributed by atoms with Gasteiger partial charge in [-0.2, -0.15) is 0 Å². The maximum Gasteiger partial charge on any atom is 0.326 e. The lowest BCUT2D eigenvalue weighted by Crippen LogP contribution is -2.41. The predicted octanol–water partition coefficient (Wildman–Crippen LogP) is 2.97. The molecule has 0 saturated carbocycles. The van der Waals surface area contributed by atoms with Crippen molar-refractivity contribution in [3.8, 4) is 0 Å². The lowest BCUT2D eigenvalue weighted by Gasteiger charge is -2.45. The molecule has 3 aromatic carbocycles. The van der Waals surface area contributed by atoms with Gasteiger partial charge in [-0.3, -0.25) is 34.2 Å². The number of carbonyl (C=O) groups excluding carboxylic acids is 4. The molecule has 0 aromatic heterocycles. The summed E-state index contributed by atoms with van der Waals surface area (Å²) in [6.45, 7) is -1.27. The number of hydrogen-bond donors (Lipinski definition) is 1. The number of carbonyl (C=O) groups is 4. The third-order valence-electron chi connectivity index (χ3n) is 7.53. The van der Waals surface area contributed by atoms with Crippen molar-refractivity contribution >= 4 is 35.1 Å². The monoisotopic (exact) mass is 511 g/mol. The molecule has 7 rings (SSSR count). The fraction of sp³-hybridized carbons (Fsp3) is 0.214. The van der Waals surface area contributed by atoms with E-state index in [0.29, 0.717) is 0 Å². The molecule has 1 saturated heterocycles. The smallest absolute Gasteiger partial charge is 0.326 e. The number of nitro benzene ring substituents is 1. The number of non-ortho nitro benzene ring substituents is 1. The molecule has 4 aliphatic rings. The number of nitro groups is 1. The third-order valence-corrected chi connectivity index (χ3v) is 7.53. The van der Waals surface area contributed by atoms with Gasteiger partial charge in [-0.05, 0) is 28.3 Å². The molecule has 1 N–H and O–H groups in total. The van der Waals surface area contributed by atoms with E-state index in [9.17, 15) is 29.3 Å². The fourth-order valence-electron chi connectivity index (χ4n) is 6.11. The Morgan fingerprint density at radius 2 is 1.37 bits per heavy atom. The van der Waals surface area contributed by atoms with Crippen molar-refractivity contribution in [1.29, 1.82) is 0 Å². The first kappa shape index (κ1) is 23.5. The highest BCUT2D eigenvalue weighted by molar-refractivity contribution is 6.09. The summed E-state index contributed by atoms with van der Waals surface area (Å²) in [5.41, 5.74) is 4.08. The lowest BCUT2D eigenvalue weighted by atomic mass is 9.55. The molecule has 3 aliphatic carbocycles. The van der Waals surface area contributed by atoms with Crippen molar-refractivity contribution in [2.45, 2.75) is 11.8 Å². The van der Waals surface area contributed by atoms with E-state index in [4.69, 9.17) is 4.74 Å². The molecular weight excluding hydrogens is 490 g/mol. The number of rotatable bonds is 6. The van der Waals surface area contributed by atoms with Crippen LogP contribution < -0.4 is 5.32 Å². The van der Waals surface area contributed by atoms with Crippen LogP contribution in [-0.2, 0) is 23.9 Å². The fourth-order valence-corrected chi connectivity index (χ4v) is 6.11. The number of esters is 1. The van der Waals surface area contributed by atoms with Gasteiger partial charge in [-0.1, -0.05) is 54.6 Å². The van der Waals surface area contributed by atoms with Gasteiger partial charge in [0.15, 0.2) is 6.61 Å². The summed E-state index contributed by atoms with van der Waals surface area (Å²) in [5.74, 6) is -4.23. The molecule has 0 unspecified atom stereocenters. The second-order valence-electron chi connectivity index (χ2n) is 9.54. The Balaban J connectivity index is 1.16. The topological polar surface area (TPSA) is 136 Å². The number of likely N-dealkylation sites (tertiary alicyclic amines) is 1. The molecule has 1 heterocycles. The Morgan fingerprint density at radius 3 is 1.87 bits per heavy atom. The molecule has 0 radical (unpaired) electrons. The highest BCUT2D eigenvalue weighted by atomic mass is 16.6. The van der Waals surface area contributed by atoms with Crippen LogP contribution >= 0.6 is 0 Å². The quantitative estimate of drug-likeness (QED) is 0.233. The van der Waals surface area contributed by atoms with Crippen LogP contribution in [0.3, 0.4) is 0 Å². The van der Waals surface area contributed by atoms with Crippen molar-refractivity contribution in [3.05, 3.63) is 105 Å². The normalized spacial score (nSPS) is 22.4. The summed E-state index contributed by atoms with van der Waals surface area (Å²) < 4.78 is 5.03. The van der Waals surface area contributed by atoms with Crippen molar-refractivity contribution in [2.75, 3.05) is 18.5 Å². The van der Waals surface area contributed by atoms with E-state index in [2.05, 4.69) is 5.32 Å². The van der Waals surface area contributed by atoms with Gasteiger partial charge in [0.1, 0.15) is 6.54 Å². The lowest BCUT2D eigenvalue weighted by molar-refractivity contribution is -0.384. The molecule has 10 nitrogen and oxygen atoms in total. The zero-order valence-electron chi connectivity index (χ0n) is 19.9. The molecule has 2 bridgehead atoms. The molecule has 1 aliphatic heterocycles. The SMILES string of the molecule is O=C(COC(=O)CN1C(=O)[C@H]2C3c4ccccc4C(c4ccccc43)[C@@H]2C1=O)Nc1cccc([N+](=O)[O-])c1. The molecular formula is C28H21N3O7. The van der Waals surface area contributed by atoms with Crippen LogP contribution in [0.2, 0.25) is 0 Å². The Bertz CT molecular complexity index is 1420. The van der Waals surface area contributed by atoms with Gasteiger partial charge in [0, 0.05) is 29.7 Å². The van der Waals surface area contributed by atoms with Gasteiger partial charge in [0.2, 0.25) is 11.8 Å². The second kappa shape index (κ2) is 8.91. The molecule has 3 amide bonds. The van der Waals surface area contributed by atoms with Gasteiger partial charge in [-0.25, -0.2) is 0 Å². The first-order chi connectivity index (χ1) is 18.3. The molecule has 38 heavy (non-hydrogen) atoms. The summed E-state index contributed by atoms with van der Waals surface area (Å²) in [6.07, 6.45) is 0. The first-order valence-corrected chi connectivity index (χ1v) is 12.1. The number of imide groups is 1. The Kier molecular flexibility index (Phi) is 5.52. The highest BCUT2D eigenvalue weighted by Gasteiger charge is 2.61. The second-order valence-corrected chi connectivity index (χ2v) is 9.54. The average Bonchev–Trinajstić information content (AvgIpc) is 3.17. The number of amides is 3. The average molecular weight is 511 g/mol. The van der Waals surface area contributed by atoms with Crippen LogP contribution in [0.5, 0.6) is 0 Å². The van der Waals surface area contributed by atoms with Crippen molar-refractivity contribution in [1.82, 2.24) is 4.90 Å². The van der Waals surface area contributed by atoms with Gasteiger partial charge >= 0.3 is 5.97 Å². The largest absolute Gasteiger partial charge is 0.454 e. The van der Waals surface area contributed by atoms with Gasteiger partial charge < -0.3 is 10.1 Å². The number of benzene rings is 3. The van der Waals surface area contributed by atoms with Crippen LogP contribution in [0.15, 0.2) is 72.8 Å². The van der Waals surface area contributed by atoms with Gasteiger partial charge in [0.05, 0.1) is 16.8 Å². The summed E-state index contributed by atoms with van der Waals surface area (Å²) in [7, 11) is 0. The number of ether oxygens (including phenoxy) is 1. The Morgan fingerprint density at radius 1 is 0.842 bits per heavy atom. The first-order valence-electron chi connectivity index (χ1n) is 12.1. The molecule has 3 aromatic rings. The summed E-state index contributed by atoms with van der Waals surface area (Å²) >= 11 is 0.